The first kappa shape index (κ1) is 12.9. The topological polar surface area (TPSA) is 17.8 Å². The molecule has 1 aromatic heterocycles. The number of fused-ring (bicyclic) bond motifs is 1. The molecule has 3 heteroatoms. The molecule has 3 aromatic rings. The lowest BCUT2D eigenvalue weighted by molar-refractivity contribution is 0.626. The number of halogens is 1. The van der Waals surface area contributed by atoms with Crippen molar-refractivity contribution in [2.45, 2.75) is 19.8 Å². The largest absolute Gasteiger partial charge is 0.331 e. The van der Waals surface area contributed by atoms with Crippen molar-refractivity contribution in [1.29, 1.82) is 0 Å². The van der Waals surface area contributed by atoms with Crippen molar-refractivity contribution in [2.75, 3.05) is 0 Å². The molecule has 0 radical (unpaired) electrons. The Morgan fingerprint density at radius 1 is 1.05 bits per heavy atom. The van der Waals surface area contributed by atoms with Crippen molar-refractivity contribution in [3.8, 4) is 0 Å². The molecule has 3 rings (SSSR count). The van der Waals surface area contributed by atoms with E-state index < -0.39 is 0 Å². The number of benzene rings is 2. The van der Waals surface area contributed by atoms with Crippen molar-refractivity contribution < 1.29 is 4.39 Å². The maximum atomic E-state index is 12.9. The van der Waals surface area contributed by atoms with Gasteiger partial charge in [0.1, 0.15) is 11.6 Å². The maximum absolute atomic E-state index is 12.9. The van der Waals surface area contributed by atoms with Gasteiger partial charge in [0, 0.05) is 13.5 Å². The van der Waals surface area contributed by atoms with Gasteiger partial charge in [0.2, 0.25) is 0 Å². The summed E-state index contributed by atoms with van der Waals surface area (Å²) >= 11 is 0. The Balaban J connectivity index is 1.84. The fraction of sp³-hybridized carbons (Fsp3) is 0.235. The van der Waals surface area contributed by atoms with Crippen LogP contribution in [0, 0.1) is 12.7 Å². The van der Waals surface area contributed by atoms with E-state index in [1.54, 1.807) is 0 Å². The van der Waals surface area contributed by atoms with Crippen LogP contribution in [0.15, 0.2) is 42.5 Å². The zero-order chi connectivity index (χ0) is 14.1. The van der Waals surface area contributed by atoms with Crippen molar-refractivity contribution in [2.24, 2.45) is 7.05 Å². The average Bonchev–Trinajstić information content (AvgIpc) is 2.74. The molecule has 0 spiro atoms. The van der Waals surface area contributed by atoms with E-state index in [1.807, 2.05) is 19.2 Å². The van der Waals surface area contributed by atoms with Crippen LogP contribution in [0.4, 0.5) is 4.39 Å². The number of nitrogens with zero attached hydrogens (tertiary/aromatic N) is 2. The summed E-state index contributed by atoms with van der Waals surface area (Å²) < 4.78 is 15.0. The highest BCUT2D eigenvalue weighted by Gasteiger charge is 2.07. The van der Waals surface area contributed by atoms with Gasteiger partial charge in [-0.1, -0.05) is 18.2 Å². The second-order valence-electron chi connectivity index (χ2n) is 5.21. The summed E-state index contributed by atoms with van der Waals surface area (Å²) in [5.74, 6) is 0.877. The lowest BCUT2D eigenvalue weighted by Crippen LogP contribution is -2.00. The quantitative estimate of drug-likeness (QED) is 0.706. The normalized spacial score (nSPS) is 11.2. The number of rotatable bonds is 3. The molecule has 2 nitrogen and oxygen atoms in total. The zero-order valence-electron chi connectivity index (χ0n) is 11.7. The predicted octanol–water partition coefficient (Wildman–Crippen LogP) is 3.81. The molecule has 0 atom stereocenters. The van der Waals surface area contributed by atoms with Crippen LogP contribution in [0.25, 0.3) is 11.0 Å². The third kappa shape index (κ3) is 2.44. The first-order valence-corrected chi connectivity index (χ1v) is 6.80. The van der Waals surface area contributed by atoms with Crippen LogP contribution in [0.3, 0.4) is 0 Å². The molecule has 20 heavy (non-hydrogen) atoms. The molecule has 0 amide bonds. The third-order valence-electron chi connectivity index (χ3n) is 3.68. The molecule has 2 aromatic carbocycles. The summed E-state index contributed by atoms with van der Waals surface area (Å²) in [5, 5.41) is 0. The minimum absolute atomic E-state index is 0.188. The van der Waals surface area contributed by atoms with Gasteiger partial charge in [-0.2, -0.15) is 0 Å². The van der Waals surface area contributed by atoms with Crippen LogP contribution in [0.1, 0.15) is 17.0 Å². The molecular formula is C17H17FN2. The molecule has 0 fully saturated rings. The van der Waals surface area contributed by atoms with Crippen LogP contribution in [0.5, 0.6) is 0 Å². The zero-order valence-corrected chi connectivity index (χ0v) is 11.7. The summed E-state index contributed by atoms with van der Waals surface area (Å²) in [6.07, 6.45) is 1.73. The molecule has 0 bridgehead atoms. The highest BCUT2D eigenvalue weighted by Crippen LogP contribution is 2.17. The third-order valence-corrected chi connectivity index (χ3v) is 3.68. The standard InChI is InChI=1S/C17H17FN2/c1-12-3-9-16-15(11-12)19-17(20(16)2)10-6-13-4-7-14(18)8-5-13/h3-5,7-9,11H,6,10H2,1-2H3. The molecule has 0 aliphatic rings. The summed E-state index contributed by atoms with van der Waals surface area (Å²) in [6, 6.07) is 13.0. The first-order chi connectivity index (χ1) is 9.63. The van der Waals surface area contributed by atoms with Gasteiger partial charge < -0.3 is 4.57 Å². The Labute approximate surface area is 117 Å². The second-order valence-corrected chi connectivity index (χ2v) is 5.21. The average molecular weight is 268 g/mol. The number of hydrogen-bond donors (Lipinski definition) is 0. The van der Waals surface area contributed by atoms with Crippen LogP contribution in [-0.2, 0) is 19.9 Å². The van der Waals surface area contributed by atoms with Gasteiger partial charge in [-0.15, -0.1) is 0 Å². The molecule has 0 aliphatic carbocycles. The van der Waals surface area contributed by atoms with E-state index >= 15 is 0 Å². The number of aryl methyl sites for hydroxylation is 4. The predicted molar refractivity (Wildman–Crippen MR) is 79.3 cm³/mol. The van der Waals surface area contributed by atoms with Crippen molar-refractivity contribution >= 4 is 11.0 Å². The molecule has 0 saturated heterocycles. The van der Waals surface area contributed by atoms with E-state index in [4.69, 9.17) is 4.98 Å². The van der Waals surface area contributed by atoms with Gasteiger partial charge in [0.05, 0.1) is 11.0 Å². The highest BCUT2D eigenvalue weighted by molar-refractivity contribution is 5.76. The smallest absolute Gasteiger partial charge is 0.123 e. The highest BCUT2D eigenvalue weighted by atomic mass is 19.1. The molecule has 0 unspecified atom stereocenters. The van der Waals surface area contributed by atoms with Crippen LogP contribution in [0.2, 0.25) is 0 Å². The fourth-order valence-electron chi connectivity index (χ4n) is 2.49. The number of aromatic nitrogens is 2. The van der Waals surface area contributed by atoms with Gasteiger partial charge in [0.25, 0.3) is 0 Å². The summed E-state index contributed by atoms with van der Waals surface area (Å²) in [7, 11) is 2.05. The van der Waals surface area contributed by atoms with Gasteiger partial charge in [-0.25, -0.2) is 9.37 Å². The molecule has 1 heterocycles. The van der Waals surface area contributed by atoms with Gasteiger partial charge in [-0.05, 0) is 48.7 Å². The Morgan fingerprint density at radius 2 is 1.80 bits per heavy atom. The van der Waals surface area contributed by atoms with E-state index in [-0.39, 0.29) is 5.82 Å². The molecule has 102 valence electrons. The van der Waals surface area contributed by atoms with E-state index in [0.717, 1.165) is 35.3 Å². The van der Waals surface area contributed by atoms with E-state index in [9.17, 15) is 4.39 Å². The molecule has 0 N–H and O–H groups in total. The monoisotopic (exact) mass is 268 g/mol. The summed E-state index contributed by atoms with van der Waals surface area (Å²) in [5.41, 5.74) is 4.56. The number of imidazole rings is 1. The summed E-state index contributed by atoms with van der Waals surface area (Å²) in [6.45, 7) is 2.08. The van der Waals surface area contributed by atoms with Gasteiger partial charge in [-0.3, -0.25) is 0 Å². The lowest BCUT2D eigenvalue weighted by Gasteiger charge is -2.03. The second kappa shape index (κ2) is 5.08. The Kier molecular flexibility index (Phi) is 3.26. The van der Waals surface area contributed by atoms with Gasteiger partial charge in [0.15, 0.2) is 0 Å². The van der Waals surface area contributed by atoms with Crippen molar-refractivity contribution in [3.05, 3.63) is 65.2 Å². The fourth-order valence-corrected chi connectivity index (χ4v) is 2.49. The maximum Gasteiger partial charge on any atom is 0.123 e. The number of hydrogen-bond acceptors (Lipinski definition) is 1. The molecular weight excluding hydrogens is 251 g/mol. The minimum atomic E-state index is -0.188. The van der Waals surface area contributed by atoms with Crippen LogP contribution in [-0.4, -0.2) is 9.55 Å². The molecule has 0 aliphatic heterocycles. The van der Waals surface area contributed by atoms with Crippen LogP contribution < -0.4 is 0 Å². The minimum Gasteiger partial charge on any atom is -0.331 e. The van der Waals surface area contributed by atoms with Crippen molar-refractivity contribution in [1.82, 2.24) is 9.55 Å². The first-order valence-electron chi connectivity index (χ1n) is 6.80. The Hall–Kier alpha value is -2.16. The SMILES string of the molecule is Cc1ccc2c(c1)nc(CCc1ccc(F)cc1)n2C. The molecule has 0 saturated carbocycles. The van der Waals surface area contributed by atoms with Crippen molar-refractivity contribution in [3.63, 3.8) is 0 Å². The Bertz CT molecular complexity index is 742. The van der Waals surface area contributed by atoms with E-state index in [1.165, 1.54) is 17.7 Å². The van der Waals surface area contributed by atoms with E-state index in [0.29, 0.717) is 0 Å². The van der Waals surface area contributed by atoms with Gasteiger partial charge >= 0.3 is 0 Å². The van der Waals surface area contributed by atoms with Crippen LogP contribution >= 0.6 is 0 Å². The summed E-state index contributed by atoms with van der Waals surface area (Å²) in [4.78, 5) is 4.69. The van der Waals surface area contributed by atoms with E-state index in [2.05, 4.69) is 29.7 Å². The Morgan fingerprint density at radius 3 is 2.55 bits per heavy atom. The lowest BCUT2D eigenvalue weighted by atomic mass is 10.1.